The maximum atomic E-state index is 10.9. The molecule has 0 aliphatic heterocycles. The number of pyridine rings is 1. The lowest BCUT2D eigenvalue weighted by atomic mass is 9.94. The molecular formula is C12H9N3O. The lowest BCUT2D eigenvalue weighted by Gasteiger charge is -2.10. The highest BCUT2D eigenvalue weighted by Gasteiger charge is 2.47. The predicted molar refractivity (Wildman–Crippen MR) is 55.6 cm³/mol. The van der Waals surface area contributed by atoms with Gasteiger partial charge in [-0.05, 0) is 25.8 Å². The lowest BCUT2D eigenvalue weighted by Crippen LogP contribution is -2.10. The number of rotatable bonds is 2. The molecule has 0 N–H and O–H groups in total. The summed E-state index contributed by atoms with van der Waals surface area (Å²) in [5, 5.41) is 18.0. The molecule has 0 atom stereocenters. The average Bonchev–Trinajstić information content (AvgIpc) is 3.09. The van der Waals surface area contributed by atoms with Crippen molar-refractivity contribution in [2.45, 2.75) is 25.2 Å². The van der Waals surface area contributed by atoms with Crippen LogP contribution in [0, 0.1) is 29.6 Å². The Morgan fingerprint density at radius 1 is 1.50 bits per heavy atom. The molecule has 1 aliphatic carbocycles. The van der Waals surface area contributed by atoms with E-state index >= 15 is 0 Å². The van der Waals surface area contributed by atoms with Crippen LogP contribution >= 0.6 is 0 Å². The molecule has 0 spiro atoms. The molecule has 1 fully saturated rings. The number of aryl methyl sites for hydroxylation is 1. The molecule has 1 saturated carbocycles. The van der Waals surface area contributed by atoms with E-state index in [4.69, 9.17) is 10.5 Å². The quantitative estimate of drug-likeness (QED) is 0.696. The van der Waals surface area contributed by atoms with Crippen LogP contribution < -0.4 is 0 Å². The monoisotopic (exact) mass is 211 g/mol. The van der Waals surface area contributed by atoms with Gasteiger partial charge in [-0.15, -0.1) is 0 Å². The lowest BCUT2D eigenvalue weighted by molar-refractivity contribution is 0.111. The molecule has 0 radical (unpaired) electrons. The first-order valence-electron chi connectivity index (χ1n) is 4.95. The van der Waals surface area contributed by atoms with Gasteiger partial charge in [-0.3, -0.25) is 4.79 Å². The molecule has 0 bridgehead atoms. The van der Waals surface area contributed by atoms with Gasteiger partial charge in [0.2, 0.25) is 0 Å². The fourth-order valence-corrected chi connectivity index (χ4v) is 1.78. The Labute approximate surface area is 93.1 Å². The Hall–Kier alpha value is -2.20. The van der Waals surface area contributed by atoms with Gasteiger partial charge in [0.05, 0.1) is 22.7 Å². The Morgan fingerprint density at radius 3 is 2.62 bits per heavy atom. The van der Waals surface area contributed by atoms with E-state index in [2.05, 4.69) is 11.1 Å². The topological polar surface area (TPSA) is 77.5 Å². The molecule has 1 heterocycles. The number of aldehydes is 1. The van der Waals surface area contributed by atoms with Gasteiger partial charge in [0.15, 0.2) is 6.29 Å². The van der Waals surface area contributed by atoms with Crippen molar-refractivity contribution in [1.29, 1.82) is 10.5 Å². The smallest absolute Gasteiger partial charge is 0.168 e. The van der Waals surface area contributed by atoms with Gasteiger partial charge < -0.3 is 0 Å². The van der Waals surface area contributed by atoms with Crippen molar-refractivity contribution in [2.24, 2.45) is 0 Å². The van der Waals surface area contributed by atoms with E-state index in [0.717, 1.165) is 12.8 Å². The second-order valence-corrected chi connectivity index (χ2v) is 3.98. The van der Waals surface area contributed by atoms with Crippen molar-refractivity contribution in [3.63, 3.8) is 0 Å². The zero-order valence-electron chi connectivity index (χ0n) is 8.82. The third kappa shape index (κ3) is 1.36. The maximum Gasteiger partial charge on any atom is 0.168 e. The first-order chi connectivity index (χ1) is 7.66. The molecule has 0 saturated heterocycles. The van der Waals surface area contributed by atoms with Crippen LogP contribution in [0.25, 0.3) is 0 Å². The Kier molecular flexibility index (Phi) is 2.21. The van der Waals surface area contributed by atoms with Crippen LogP contribution in [0.1, 0.15) is 40.2 Å². The molecule has 2 rings (SSSR count). The zero-order chi connectivity index (χ0) is 11.8. The van der Waals surface area contributed by atoms with Gasteiger partial charge in [0.1, 0.15) is 11.8 Å². The minimum Gasteiger partial charge on any atom is -0.296 e. The summed E-state index contributed by atoms with van der Waals surface area (Å²) < 4.78 is 0. The van der Waals surface area contributed by atoms with Crippen molar-refractivity contribution in [3.05, 3.63) is 28.6 Å². The van der Waals surface area contributed by atoms with E-state index in [-0.39, 0.29) is 5.69 Å². The second-order valence-electron chi connectivity index (χ2n) is 3.98. The average molecular weight is 211 g/mol. The molecule has 78 valence electrons. The molecular weight excluding hydrogens is 202 g/mol. The van der Waals surface area contributed by atoms with Crippen molar-refractivity contribution >= 4 is 6.29 Å². The summed E-state index contributed by atoms with van der Waals surface area (Å²) in [6.07, 6.45) is 2.13. The van der Waals surface area contributed by atoms with Gasteiger partial charge in [-0.2, -0.15) is 10.5 Å². The van der Waals surface area contributed by atoms with Gasteiger partial charge in [0, 0.05) is 5.56 Å². The van der Waals surface area contributed by atoms with E-state index in [9.17, 15) is 4.79 Å². The van der Waals surface area contributed by atoms with Crippen molar-refractivity contribution in [2.75, 3.05) is 0 Å². The minimum atomic E-state index is -0.581. The summed E-state index contributed by atoms with van der Waals surface area (Å²) in [4.78, 5) is 15.0. The summed E-state index contributed by atoms with van der Waals surface area (Å²) in [5.74, 6) is 0. The van der Waals surface area contributed by atoms with Crippen LogP contribution in [0.4, 0.5) is 0 Å². The summed E-state index contributed by atoms with van der Waals surface area (Å²) in [6, 6.07) is 5.86. The fraction of sp³-hybridized carbons (Fsp3) is 0.333. The number of carbonyl (C=O) groups is 1. The van der Waals surface area contributed by atoms with Gasteiger partial charge in [0.25, 0.3) is 0 Å². The highest BCUT2D eigenvalue weighted by molar-refractivity contribution is 5.77. The van der Waals surface area contributed by atoms with E-state index in [1.165, 1.54) is 0 Å². The van der Waals surface area contributed by atoms with Gasteiger partial charge >= 0.3 is 0 Å². The Morgan fingerprint density at radius 2 is 2.19 bits per heavy atom. The second kappa shape index (κ2) is 3.43. The maximum absolute atomic E-state index is 10.9. The number of hydrogen-bond donors (Lipinski definition) is 0. The van der Waals surface area contributed by atoms with Crippen molar-refractivity contribution < 1.29 is 4.79 Å². The molecule has 1 aliphatic rings. The number of nitrogens with zero attached hydrogens (tertiary/aromatic N) is 3. The van der Waals surface area contributed by atoms with Crippen LogP contribution in [-0.4, -0.2) is 11.3 Å². The van der Waals surface area contributed by atoms with E-state index in [0.29, 0.717) is 23.1 Å². The minimum absolute atomic E-state index is 0.288. The SMILES string of the molecule is Cc1nc(C=O)c(C2(C#N)CC2)cc1C#N. The zero-order valence-corrected chi connectivity index (χ0v) is 8.82. The van der Waals surface area contributed by atoms with Crippen LogP contribution in [0.3, 0.4) is 0 Å². The number of aromatic nitrogens is 1. The molecule has 4 heteroatoms. The van der Waals surface area contributed by atoms with Crippen LogP contribution in [0.15, 0.2) is 6.07 Å². The molecule has 1 aromatic heterocycles. The van der Waals surface area contributed by atoms with E-state index < -0.39 is 5.41 Å². The van der Waals surface area contributed by atoms with Crippen molar-refractivity contribution in [1.82, 2.24) is 4.98 Å². The summed E-state index contributed by atoms with van der Waals surface area (Å²) in [7, 11) is 0. The molecule has 0 aromatic carbocycles. The predicted octanol–water partition coefficient (Wildman–Crippen LogP) is 1.63. The third-order valence-corrected chi connectivity index (χ3v) is 2.95. The summed E-state index contributed by atoms with van der Waals surface area (Å²) in [5.41, 5.74) is 1.27. The van der Waals surface area contributed by atoms with Crippen LogP contribution in [0.5, 0.6) is 0 Å². The number of carbonyl (C=O) groups excluding carboxylic acids is 1. The highest BCUT2D eigenvalue weighted by Crippen LogP contribution is 2.48. The molecule has 1 aromatic rings. The summed E-state index contributed by atoms with van der Waals surface area (Å²) >= 11 is 0. The number of nitriles is 2. The molecule has 16 heavy (non-hydrogen) atoms. The van der Waals surface area contributed by atoms with Crippen LogP contribution in [-0.2, 0) is 5.41 Å². The standard InChI is InChI=1S/C12H9N3O/c1-8-9(5-13)4-10(11(6-16)15-8)12(7-14)2-3-12/h4,6H,2-3H2,1H3. The molecule has 0 amide bonds. The Bertz CT molecular complexity index is 545. The molecule has 4 nitrogen and oxygen atoms in total. The third-order valence-electron chi connectivity index (χ3n) is 2.95. The fourth-order valence-electron chi connectivity index (χ4n) is 1.78. The first-order valence-corrected chi connectivity index (χ1v) is 4.95. The summed E-state index contributed by atoms with van der Waals surface area (Å²) in [6.45, 7) is 1.68. The molecule has 0 unspecified atom stereocenters. The largest absolute Gasteiger partial charge is 0.296 e. The Balaban J connectivity index is 2.66. The first kappa shape index (κ1) is 10.3. The number of hydrogen-bond acceptors (Lipinski definition) is 4. The van der Waals surface area contributed by atoms with E-state index in [1.807, 2.05) is 6.07 Å². The van der Waals surface area contributed by atoms with Crippen molar-refractivity contribution in [3.8, 4) is 12.1 Å². The highest BCUT2D eigenvalue weighted by atomic mass is 16.1. The van der Waals surface area contributed by atoms with Crippen LogP contribution in [0.2, 0.25) is 0 Å². The van der Waals surface area contributed by atoms with Gasteiger partial charge in [-0.25, -0.2) is 4.98 Å². The normalized spacial score (nSPS) is 15.9. The van der Waals surface area contributed by atoms with Gasteiger partial charge in [-0.1, -0.05) is 0 Å². The van der Waals surface area contributed by atoms with E-state index in [1.54, 1.807) is 13.0 Å².